The van der Waals surface area contributed by atoms with E-state index in [-0.39, 0.29) is 11.9 Å². The molecule has 0 aromatic heterocycles. The predicted octanol–water partition coefficient (Wildman–Crippen LogP) is 2.48. The van der Waals surface area contributed by atoms with Crippen LogP contribution in [0, 0.1) is 0 Å². The van der Waals surface area contributed by atoms with Crippen LogP contribution in [0.1, 0.15) is 22.3 Å². The highest BCUT2D eigenvalue weighted by Crippen LogP contribution is 2.20. The molecule has 2 atom stereocenters. The van der Waals surface area contributed by atoms with Crippen LogP contribution in [-0.2, 0) is 11.3 Å². The number of hydrogen-bond acceptors (Lipinski definition) is 3. The van der Waals surface area contributed by atoms with Crippen LogP contribution in [0.4, 0.5) is 0 Å². The van der Waals surface area contributed by atoms with Crippen molar-refractivity contribution in [1.82, 2.24) is 4.90 Å². The van der Waals surface area contributed by atoms with Gasteiger partial charge in [-0.05, 0) is 24.1 Å². The zero-order valence-corrected chi connectivity index (χ0v) is 13.0. The second-order valence-corrected chi connectivity index (χ2v) is 5.78. The molecule has 1 fully saturated rings. The molecule has 1 amide bonds. The monoisotopic (exact) mass is 311 g/mol. The van der Waals surface area contributed by atoms with Crippen molar-refractivity contribution in [3.63, 3.8) is 0 Å². The Morgan fingerprint density at radius 2 is 1.74 bits per heavy atom. The molecule has 0 unspecified atom stereocenters. The first-order valence-electron chi connectivity index (χ1n) is 7.91. The van der Waals surface area contributed by atoms with E-state index in [2.05, 4.69) is 0 Å². The third-order valence-corrected chi connectivity index (χ3v) is 4.17. The molecule has 0 bridgehead atoms. The number of aliphatic hydroxyl groups is 1. The van der Waals surface area contributed by atoms with Crippen LogP contribution < -0.4 is 0 Å². The van der Waals surface area contributed by atoms with Gasteiger partial charge in [-0.15, -0.1) is 0 Å². The van der Waals surface area contributed by atoms with Gasteiger partial charge in [0.05, 0.1) is 18.8 Å². The van der Waals surface area contributed by atoms with E-state index in [1.54, 1.807) is 17.0 Å². The molecule has 0 aliphatic carbocycles. The third-order valence-electron chi connectivity index (χ3n) is 4.17. The summed E-state index contributed by atoms with van der Waals surface area (Å²) in [5.41, 5.74) is 1.66. The zero-order chi connectivity index (χ0) is 16.1. The normalized spacial score (nSPS) is 20.9. The predicted molar refractivity (Wildman–Crippen MR) is 88.0 cm³/mol. The van der Waals surface area contributed by atoms with Crippen molar-refractivity contribution in [2.75, 3.05) is 13.2 Å². The van der Waals surface area contributed by atoms with E-state index in [0.717, 1.165) is 5.56 Å². The van der Waals surface area contributed by atoms with E-state index >= 15 is 0 Å². The fraction of sp³-hybridized carbons (Fsp3) is 0.316. The molecule has 120 valence electrons. The van der Waals surface area contributed by atoms with Crippen LogP contribution in [0.2, 0.25) is 0 Å². The van der Waals surface area contributed by atoms with Crippen LogP contribution >= 0.6 is 0 Å². The Hall–Kier alpha value is -2.17. The number of carbonyl (C=O) groups is 1. The van der Waals surface area contributed by atoms with Crippen molar-refractivity contribution < 1.29 is 14.6 Å². The number of hydrogen-bond donors (Lipinski definition) is 1. The molecule has 1 aliphatic rings. The van der Waals surface area contributed by atoms with Gasteiger partial charge >= 0.3 is 0 Å². The molecule has 1 heterocycles. The number of amides is 1. The molecule has 1 N–H and O–H groups in total. The second kappa shape index (κ2) is 7.40. The summed E-state index contributed by atoms with van der Waals surface area (Å²) < 4.78 is 5.50. The third kappa shape index (κ3) is 3.78. The average Bonchev–Trinajstić information content (AvgIpc) is 2.61. The highest BCUT2D eigenvalue weighted by Gasteiger charge is 2.33. The van der Waals surface area contributed by atoms with E-state index in [4.69, 9.17) is 4.74 Å². The molecule has 1 saturated heterocycles. The van der Waals surface area contributed by atoms with Crippen LogP contribution in [0.5, 0.6) is 0 Å². The average molecular weight is 311 g/mol. The maximum Gasteiger partial charge on any atom is 0.254 e. The molecule has 0 spiro atoms. The summed E-state index contributed by atoms with van der Waals surface area (Å²) >= 11 is 0. The molecule has 4 heteroatoms. The maximum atomic E-state index is 13.0. The van der Waals surface area contributed by atoms with Crippen molar-refractivity contribution in [3.8, 4) is 0 Å². The lowest BCUT2D eigenvalue weighted by atomic mass is 10.0. The Balaban J connectivity index is 1.87. The molecular formula is C19H21NO3. The van der Waals surface area contributed by atoms with Crippen LogP contribution in [0.15, 0.2) is 60.7 Å². The minimum Gasteiger partial charge on any atom is -0.391 e. The van der Waals surface area contributed by atoms with Crippen molar-refractivity contribution in [2.45, 2.75) is 25.1 Å². The Morgan fingerprint density at radius 1 is 1.09 bits per heavy atom. The van der Waals surface area contributed by atoms with Gasteiger partial charge in [0, 0.05) is 18.7 Å². The number of rotatable bonds is 4. The van der Waals surface area contributed by atoms with Crippen LogP contribution in [0.25, 0.3) is 0 Å². The highest BCUT2D eigenvalue weighted by atomic mass is 16.5. The largest absolute Gasteiger partial charge is 0.391 e. The van der Waals surface area contributed by atoms with Gasteiger partial charge in [0.25, 0.3) is 5.91 Å². The minimum atomic E-state index is -0.555. The molecular weight excluding hydrogens is 290 g/mol. The summed E-state index contributed by atoms with van der Waals surface area (Å²) in [7, 11) is 0. The number of carbonyl (C=O) groups excluding carboxylic acids is 1. The summed E-state index contributed by atoms with van der Waals surface area (Å²) in [5, 5.41) is 10.3. The van der Waals surface area contributed by atoms with Gasteiger partial charge in [-0.2, -0.15) is 0 Å². The lowest BCUT2D eigenvalue weighted by Gasteiger charge is -2.37. The first kappa shape index (κ1) is 15.7. The van der Waals surface area contributed by atoms with Gasteiger partial charge in [-0.3, -0.25) is 4.79 Å². The fourth-order valence-corrected chi connectivity index (χ4v) is 2.88. The number of ether oxygens (including phenoxy) is 1. The quantitative estimate of drug-likeness (QED) is 0.944. The second-order valence-electron chi connectivity index (χ2n) is 5.78. The fourth-order valence-electron chi connectivity index (χ4n) is 2.88. The van der Waals surface area contributed by atoms with Gasteiger partial charge in [0.15, 0.2) is 0 Å². The van der Waals surface area contributed by atoms with Gasteiger partial charge < -0.3 is 14.7 Å². The van der Waals surface area contributed by atoms with Gasteiger partial charge in [0.1, 0.15) is 0 Å². The SMILES string of the molecule is O=C(c1ccccc1)N(Cc1ccccc1)[C@@H]1COCC[C@H]1O. The summed E-state index contributed by atoms with van der Waals surface area (Å²) in [6.07, 6.45) is -0.00184. The van der Waals surface area contributed by atoms with Crippen molar-refractivity contribution in [2.24, 2.45) is 0 Å². The van der Waals surface area contributed by atoms with Crippen molar-refractivity contribution in [3.05, 3.63) is 71.8 Å². The number of benzene rings is 2. The Labute approximate surface area is 136 Å². The molecule has 2 aromatic carbocycles. The first-order chi connectivity index (χ1) is 11.3. The molecule has 3 rings (SSSR count). The molecule has 23 heavy (non-hydrogen) atoms. The van der Waals surface area contributed by atoms with E-state index in [9.17, 15) is 9.90 Å². The molecule has 2 aromatic rings. The Bertz CT molecular complexity index is 630. The number of aliphatic hydroxyl groups excluding tert-OH is 1. The molecule has 1 aliphatic heterocycles. The Morgan fingerprint density at radius 3 is 2.39 bits per heavy atom. The summed E-state index contributed by atoms with van der Waals surface area (Å²) in [4.78, 5) is 14.7. The Kier molecular flexibility index (Phi) is 5.05. The van der Waals surface area contributed by atoms with Crippen LogP contribution in [0.3, 0.4) is 0 Å². The van der Waals surface area contributed by atoms with E-state index in [0.29, 0.717) is 31.7 Å². The zero-order valence-electron chi connectivity index (χ0n) is 13.0. The minimum absolute atomic E-state index is 0.0796. The van der Waals surface area contributed by atoms with E-state index in [1.807, 2.05) is 48.5 Å². The van der Waals surface area contributed by atoms with Crippen molar-refractivity contribution >= 4 is 5.91 Å². The first-order valence-corrected chi connectivity index (χ1v) is 7.91. The van der Waals surface area contributed by atoms with E-state index in [1.165, 1.54) is 0 Å². The summed E-state index contributed by atoms with van der Waals surface area (Å²) in [6.45, 7) is 1.36. The number of nitrogens with zero attached hydrogens (tertiary/aromatic N) is 1. The molecule has 4 nitrogen and oxygen atoms in total. The van der Waals surface area contributed by atoms with Crippen molar-refractivity contribution in [1.29, 1.82) is 0 Å². The maximum absolute atomic E-state index is 13.0. The molecule has 0 saturated carbocycles. The topological polar surface area (TPSA) is 49.8 Å². The van der Waals surface area contributed by atoms with Gasteiger partial charge in [-0.1, -0.05) is 48.5 Å². The summed E-state index contributed by atoms with van der Waals surface area (Å²) in [6, 6.07) is 18.7. The lowest BCUT2D eigenvalue weighted by Crippen LogP contribution is -2.51. The van der Waals surface area contributed by atoms with Crippen LogP contribution in [-0.4, -0.2) is 41.3 Å². The van der Waals surface area contributed by atoms with E-state index < -0.39 is 6.10 Å². The summed E-state index contributed by atoms with van der Waals surface area (Å²) in [5.74, 6) is -0.0796. The standard InChI is InChI=1S/C19H21NO3/c21-18-11-12-23-14-17(18)20(13-15-7-3-1-4-8-15)19(22)16-9-5-2-6-10-16/h1-10,17-18,21H,11-14H2/t17-,18-/m1/s1. The van der Waals surface area contributed by atoms with Gasteiger partial charge in [-0.25, -0.2) is 0 Å². The highest BCUT2D eigenvalue weighted by molar-refractivity contribution is 5.94. The van der Waals surface area contributed by atoms with Gasteiger partial charge in [0.2, 0.25) is 0 Å². The molecule has 0 radical (unpaired) electrons. The lowest BCUT2D eigenvalue weighted by molar-refractivity contribution is -0.0549. The smallest absolute Gasteiger partial charge is 0.254 e.